The van der Waals surface area contributed by atoms with Crippen LogP contribution in [0.2, 0.25) is 0 Å². The van der Waals surface area contributed by atoms with Crippen LogP contribution in [0.3, 0.4) is 0 Å². The predicted molar refractivity (Wildman–Crippen MR) is 90.8 cm³/mol. The van der Waals surface area contributed by atoms with Crippen LogP contribution in [0, 0.1) is 5.82 Å². The van der Waals surface area contributed by atoms with Gasteiger partial charge in [-0.05, 0) is 24.3 Å². The van der Waals surface area contributed by atoms with Crippen molar-refractivity contribution in [1.82, 2.24) is 14.9 Å². The summed E-state index contributed by atoms with van der Waals surface area (Å²) in [6, 6.07) is 16.2. The van der Waals surface area contributed by atoms with Crippen molar-refractivity contribution in [2.45, 2.75) is 11.2 Å². The standard InChI is InChI=1S/C17H14FN5S/c18-13-8-6-11(7-9-13)14-10-24-17-21-20-16(23(17)22-14)15(19)12-4-2-1-3-5-12/h1-10,15,22H,19H2/p+1/t15-/m1/s1. The minimum atomic E-state index is -0.254. The van der Waals surface area contributed by atoms with E-state index in [1.54, 1.807) is 12.1 Å². The second-order valence-corrected chi connectivity index (χ2v) is 6.24. The average Bonchev–Trinajstić information content (AvgIpc) is 3.05. The molecule has 0 aliphatic carbocycles. The molecule has 0 amide bonds. The number of halogens is 1. The monoisotopic (exact) mass is 340 g/mol. The average molecular weight is 340 g/mol. The lowest BCUT2D eigenvalue weighted by Crippen LogP contribution is -2.55. The van der Waals surface area contributed by atoms with Crippen LogP contribution in [-0.4, -0.2) is 14.9 Å². The predicted octanol–water partition coefficient (Wildman–Crippen LogP) is 2.40. The van der Waals surface area contributed by atoms with Gasteiger partial charge in [-0.3, -0.25) is 5.43 Å². The van der Waals surface area contributed by atoms with E-state index in [9.17, 15) is 4.39 Å². The maximum absolute atomic E-state index is 13.1. The summed E-state index contributed by atoms with van der Waals surface area (Å²) in [6.07, 6.45) is 0. The lowest BCUT2D eigenvalue weighted by atomic mass is 10.1. The number of nitrogens with one attached hydrogen (secondary N) is 1. The van der Waals surface area contributed by atoms with Gasteiger partial charge in [0.2, 0.25) is 11.0 Å². The maximum atomic E-state index is 13.1. The first kappa shape index (κ1) is 14.9. The van der Waals surface area contributed by atoms with Crippen molar-refractivity contribution in [3.05, 3.63) is 82.8 Å². The summed E-state index contributed by atoms with van der Waals surface area (Å²) in [7, 11) is 0. The maximum Gasteiger partial charge on any atom is 0.215 e. The highest BCUT2D eigenvalue weighted by atomic mass is 32.2. The first-order chi connectivity index (χ1) is 11.7. The number of aromatic nitrogens is 3. The molecule has 24 heavy (non-hydrogen) atoms. The molecule has 7 heteroatoms. The summed E-state index contributed by atoms with van der Waals surface area (Å²) in [6.45, 7) is 0. The van der Waals surface area contributed by atoms with Crippen molar-refractivity contribution >= 4 is 17.5 Å². The van der Waals surface area contributed by atoms with Gasteiger partial charge in [-0.25, -0.2) is 9.07 Å². The van der Waals surface area contributed by atoms with Gasteiger partial charge in [-0.15, -0.1) is 10.2 Å². The van der Waals surface area contributed by atoms with Gasteiger partial charge in [0.1, 0.15) is 5.82 Å². The van der Waals surface area contributed by atoms with Gasteiger partial charge in [0.05, 0.1) is 5.70 Å². The van der Waals surface area contributed by atoms with Crippen molar-refractivity contribution in [2.24, 2.45) is 0 Å². The molecule has 2 aromatic carbocycles. The van der Waals surface area contributed by atoms with Crippen LogP contribution in [0.4, 0.5) is 4.39 Å². The first-order valence-electron chi connectivity index (χ1n) is 7.45. The minimum Gasteiger partial charge on any atom is -0.345 e. The van der Waals surface area contributed by atoms with E-state index in [0.717, 1.165) is 27.8 Å². The molecule has 0 fully saturated rings. The Morgan fingerprint density at radius 3 is 2.54 bits per heavy atom. The number of nitrogens with zero attached hydrogens (tertiary/aromatic N) is 3. The number of quaternary nitrogens is 1. The van der Waals surface area contributed by atoms with Crippen LogP contribution in [0.5, 0.6) is 0 Å². The van der Waals surface area contributed by atoms with Crippen molar-refractivity contribution in [1.29, 1.82) is 0 Å². The van der Waals surface area contributed by atoms with E-state index in [0.29, 0.717) is 0 Å². The topological polar surface area (TPSA) is 70.4 Å². The zero-order chi connectivity index (χ0) is 16.5. The molecule has 4 N–H and O–H groups in total. The van der Waals surface area contributed by atoms with Crippen LogP contribution in [0.1, 0.15) is 23.0 Å². The summed E-state index contributed by atoms with van der Waals surface area (Å²) in [5.74, 6) is 0.479. The van der Waals surface area contributed by atoms with Crippen molar-refractivity contribution in [2.75, 3.05) is 5.43 Å². The fourth-order valence-electron chi connectivity index (χ4n) is 2.54. The van der Waals surface area contributed by atoms with E-state index in [4.69, 9.17) is 0 Å². The molecule has 0 unspecified atom stereocenters. The SMILES string of the molecule is [NH3+][C@H](c1ccccc1)c1nnc2n1NC(c1ccc(F)cc1)=CS2. The molecular weight excluding hydrogens is 325 g/mol. The van der Waals surface area contributed by atoms with Gasteiger partial charge in [0.25, 0.3) is 0 Å². The molecule has 0 saturated heterocycles. The molecule has 0 radical (unpaired) electrons. The highest BCUT2D eigenvalue weighted by Crippen LogP contribution is 2.30. The molecule has 0 bridgehead atoms. The smallest absolute Gasteiger partial charge is 0.215 e. The largest absolute Gasteiger partial charge is 0.345 e. The molecule has 2 heterocycles. The second kappa shape index (κ2) is 6.10. The Morgan fingerprint density at radius 1 is 1.04 bits per heavy atom. The highest BCUT2D eigenvalue weighted by molar-refractivity contribution is 8.02. The molecule has 0 saturated carbocycles. The quantitative estimate of drug-likeness (QED) is 0.768. The second-order valence-electron chi connectivity index (χ2n) is 5.41. The Morgan fingerprint density at radius 2 is 1.79 bits per heavy atom. The summed E-state index contributed by atoms with van der Waals surface area (Å²) < 4.78 is 15.0. The molecular formula is C17H15FN5S+. The van der Waals surface area contributed by atoms with E-state index in [1.807, 2.05) is 40.4 Å². The van der Waals surface area contributed by atoms with Crippen molar-refractivity contribution in [3.63, 3.8) is 0 Å². The number of fused-ring (bicyclic) bond motifs is 1. The van der Waals surface area contributed by atoms with E-state index >= 15 is 0 Å². The van der Waals surface area contributed by atoms with E-state index in [2.05, 4.69) is 21.4 Å². The van der Waals surface area contributed by atoms with Gasteiger partial charge in [0.15, 0.2) is 6.04 Å². The van der Waals surface area contributed by atoms with Gasteiger partial charge in [-0.2, -0.15) is 0 Å². The fourth-order valence-corrected chi connectivity index (χ4v) is 3.29. The molecule has 1 aliphatic heterocycles. The molecule has 4 rings (SSSR count). The Bertz CT molecular complexity index is 889. The lowest BCUT2D eigenvalue weighted by Gasteiger charge is -2.20. The fraction of sp³-hybridized carbons (Fsp3) is 0.0588. The number of rotatable bonds is 3. The van der Waals surface area contributed by atoms with Crippen LogP contribution in [0.15, 0.2) is 65.2 Å². The lowest BCUT2D eigenvalue weighted by molar-refractivity contribution is -0.414. The summed E-state index contributed by atoms with van der Waals surface area (Å²) in [5, 5.41) is 11.2. The third-order valence-electron chi connectivity index (χ3n) is 3.84. The molecule has 5 nitrogen and oxygen atoms in total. The normalized spacial score (nSPS) is 14.5. The van der Waals surface area contributed by atoms with Crippen molar-refractivity contribution < 1.29 is 10.1 Å². The third kappa shape index (κ3) is 2.68. The third-order valence-corrected chi connectivity index (χ3v) is 4.67. The van der Waals surface area contributed by atoms with Crippen LogP contribution >= 0.6 is 11.8 Å². The zero-order valence-electron chi connectivity index (χ0n) is 12.7. The van der Waals surface area contributed by atoms with Crippen LogP contribution in [-0.2, 0) is 0 Å². The molecule has 1 atom stereocenters. The van der Waals surface area contributed by atoms with Crippen LogP contribution in [0.25, 0.3) is 5.70 Å². The molecule has 3 aromatic rings. The molecule has 0 spiro atoms. The van der Waals surface area contributed by atoms with Gasteiger partial charge in [-0.1, -0.05) is 42.1 Å². The Labute approximate surface area is 142 Å². The number of benzene rings is 2. The zero-order valence-corrected chi connectivity index (χ0v) is 13.5. The Balaban J connectivity index is 1.65. The van der Waals surface area contributed by atoms with Crippen LogP contribution < -0.4 is 11.2 Å². The Hall–Kier alpha value is -2.64. The van der Waals surface area contributed by atoms with E-state index in [-0.39, 0.29) is 11.9 Å². The highest BCUT2D eigenvalue weighted by Gasteiger charge is 2.25. The number of hydrogen-bond donors (Lipinski definition) is 2. The summed E-state index contributed by atoms with van der Waals surface area (Å²) in [5.41, 5.74) is 10.4. The van der Waals surface area contributed by atoms with E-state index < -0.39 is 0 Å². The number of thioether (sulfide) groups is 1. The van der Waals surface area contributed by atoms with Gasteiger partial charge in [0, 0.05) is 16.5 Å². The molecule has 1 aliphatic rings. The first-order valence-corrected chi connectivity index (χ1v) is 8.33. The van der Waals surface area contributed by atoms with Gasteiger partial charge < -0.3 is 5.73 Å². The molecule has 120 valence electrons. The van der Waals surface area contributed by atoms with Crippen molar-refractivity contribution in [3.8, 4) is 0 Å². The molecule has 1 aromatic heterocycles. The minimum absolute atomic E-state index is 0.145. The summed E-state index contributed by atoms with van der Waals surface area (Å²) >= 11 is 1.47. The Kier molecular flexibility index (Phi) is 3.79. The number of hydrogen-bond acceptors (Lipinski definition) is 4. The summed E-state index contributed by atoms with van der Waals surface area (Å²) in [4.78, 5) is 0. The van der Waals surface area contributed by atoms with E-state index in [1.165, 1.54) is 23.9 Å². The van der Waals surface area contributed by atoms with Gasteiger partial charge >= 0.3 is 0 Å².